The fourth-order valence-corrected chi connectivity index (χ4v) is 2.43. The van der Waals surface area contributed by atoms with Crippen LogP contribution in [-0.4, -0.2) is 51.8 Å². The second-order valence-electron chi connectivity index (χ2n) is 6.23. The number of carbonyl (C=O) groups excluding carboxylic acids is 1. The predicted octanol–water partition coefficient (Wildman–Crippen LogP) is 1.37. The molecule has 0 spiro atoms. The first-order valence-corrected chi connectivity index (χ1v) is 8.17. The van der Waals surface area contributed by atoms with E-state index >= 15 is 0 Å². The number of nitrogens with two attached hydrogens (primary N) is 1. The van der Waals surface area contributed by atoms with E-state index in [0.29, 0.717) is 19.4 Å². The topological polar surface area (TPSA) is 101 Å². The summed E-state index contributed by atoms with van der Waals surface area (Å²) in [5, 5.41) is 13.2. The van der Waals surface area contributed by atoms with E-state index in [1.165, 1.54) is 0 Å². The number of carboxylic acids is 1. The van der Waals surface area contributed by atoms with Crippen LogP contribution in [0.1, 0.15) is 18.4 Å². The molecule has 0 saturated carbocycles. The first-order chi connectivity index (χ1) is 11.9. The van der Waals surface area contributed by atoms with Crippen molar-refractivity contribution in [3.8, 4) is 11.1 Å². The summed E-state index contributed by atoms with van der Waals surface area (Å²) in [5.74, 6) is -0.888. The second-order valence-corrected chi connectivity index (χ2v) is 6.23. The van der Waals surface area contributed by atoms with Gasteiger partial charge in [-0.1, -0.05) is 24.3 Å². The zero-order chi connectivity index (χ0) is 18.4. The minimum Gasteiger partial charge on any atom is -0.480 e. The Morgan fingerprint density at radius 2 is 1.92 bits per heavy atom. The number of nitrogens with zero attached hydrogens (tertiary/aromatic N) is 3. The third kappa shape index (κ3) is 5.42. The van der Waals surface area contributed by atoms with E-state index in [4.69, 9.17) is 10.8 Å². The Morgan fingerprint density at radius 3 is 2.52 bits per heavy atom. The Bertz CT molecular complexity index is 722. The molecule has 0 saturated heterocycles. The van der Waals surface area contributed by atoms with Crippen molar-refractivity contribution in [1.82, 2.24) is 14.7 Å². The number of amides is 1. The molecule has 1 aromatic carbocycles. The molecule has 3 N–H and O–H groups in total. The van der Waals surface area contributed by atoms with Gasteiger partial charge in [-0.2, -0.15) is 5.10 Å². The van der Waals surface area contributed by atoms with Crippen molar-refractivity contribution in [2.75, 3.05) is 14.1 Å². The molecule has 7 nitrogen and oxygen atoms in total. The fraction of sp³-hybridized carbons (Fsp3) is 0.389. The molecule has 2 aromatic rings. The smallest absolute Gasteiger partial charge is 0.320 e. The highest BCUT2D eigenvalue weighted by atomic mass is 16.4. The summed E-state index contributed by atoms with van der Waals surface area (Å²) in [6.45, 7) is 0.686. The van der Waals surface area contributed by atoms with Gasteiger partial charge in [0, 0.05) is 38.8 Å². The molecule has 134 valence electrons. The van der Waals surface area contributed by atoms with Crippen LogP contribution < -0.4 is 5.73 Å². The molecule has 0 unspecified atom stereocenters. The Labute approximate surface area is 147 Å². The molecule has 1 amide bonds. The molecule has 0 bridgehead atoms. The monoisotopic (exact) mass is 344 g/mol. The van der Waals surface area contributed by atoms with Gasteiger partial charge in [-0.3, -0.25) is 14.3 Å². The number of aliphatic carboxylic acids is 1. The number of hydrogen-bond acceptors (Lipinski definition) is 4. The van der Waals surface area contributed by atoms with Crippen molar-refractivity contribution < 1.29 is 14.7 Å². The van der Waals surface area contributed by atoms with Crippen LogP contribution in [0.5, 0.6) is 0 Å². The molecule has 0 fully saturated rings. The zero-order valence-corrected chi connectivity index (χ0v) is 14.6. The third-order valence-electron chi connectivity index (χ3n) is 3.97. The van der Waals surface area contributed by atoms with Gasteiger partial charge < -0.3 is 15.7 Å². The molecule has 1 heterocycles. The van der Waals surface area contributed by atoms with Gasteiger partial charge in [-0.25, -0.2) is 0 Å². The molecule has 1 aromatic heterocycles. The van der Waals surface area contributed by atoms with Gasteiger partial charge in [-0.05, 0) is 24.0 Å². The number of aromatic nitrogens is 2. The molecule has 0 aliphatic rings. The molecule has 0 aliphatic heterocycles. The first kappa shape index (κ1) is 18.7. The van der Waals surface area contributed by atoms with Crippen LogP contribution in [0.15, 0.2) is 36.7 Å². The molecular formula is C18H24N4O3. The second kappa shape index (κ2) is 8.43. The average molecular weight is 344 g/mol. The van der Waals surface area contributed by atoms with Crippen LogP contribution in [-0.2, 0) is 22.6 Å². The zero-order valence-electron chi connectivity index (χ0n) is 14.6. The number of benzene rings is 1. The van der Waals surface area contributed by atoms with Crippen molar-refractivity contribution in [3.63, 3.8) is 0 Å². The Balaban J connectivity index is 1.93. The lowest BCUT2D eigenvalue weighted by Gasteiger charge is -2.09. The molecule has 7 heteroatoms. The maximum absolute atomic E-state index is 11.6. The minimum absolute atomic E-state index is 0.113. The van der Waals surface area contributed by atoms with Crippen LogP contribution in [0.4, 0.5) is 0 Å². The Morgan fingerprint density at radius 1 is 1.24 bits per heavy atom. The highest BCUT2D eigenvalue weighted by Gasteiger charge is 2.12. The van der Waals surface area contributed by atoms with E-state index in [9.17, 15) is 9.59 Å². The van der Waals surface area contributed by atoms with Crippen molar-refractivity contribution in [2.45, 2.75) is 31.8 Å². The molecule has 0 aliphatic carbocycles. The highest BCUT2D eigenvalue weighted by Crippen LogP contribution is 2.19. The summed E-state index contributed by atoms with van der Waals surface area (Å²) in [5.41, 5.74) is 8.41. The van der Waals surface area contributed by atoms with Gasteiger partial charge in [0.2, 0.25) is 5.91 Å². The number of aryl methyl sites for hydroxylation is 1. The van der Waals surface area contributed by atoms with Gasteiger partial charge in [0.15, 0.2) is 0 Å². The summed E-state index contributed by atoms with van der Waals surface area (Å²) < 4.78 is 1.83. The predicted molar refractivity (Wildman–Crippen MR) is 94.9 cm³/mol. The van der Waals surface area contributed by atoms with Crippen LogP contribution >= 0.6 is 0 Å². The Kier molecular flexibility index (Phi) is 6.30. The number of rotatable bonds is 8. The summed E-state index contributed by atoms with van der Waals surface area (Å²) in [6, 6.07) is 6.73. The lowest BCUT2D eigenvalue weighted by Crippen LogP contribution is -2.32. The number of carbonyl (C=O) groups is 2. The van der Waals surface area contributed by atoms with E-state index in [0.717, 1.165) is 23.1 Å². The summed E-state index contributed by atoms with van der Waals surface area (Å²) >= 11 is 0. The average Bonchev–Trinajstić information content (AvgIpc) is 3.04. The van der Waals surface area contributed by atoms with E-state index in [1.54, 1.807) is 25.2 Å². The molecule has 1 atom stereocenters. The van der Waals surface area contributed by atoms with Crippen molar-refractivity contribution in [3.05, 3.63) is 42.2 Å². The first-order valence-electron chi connectivity index (χ1n) is 8.17. The van der Waals surface area contributed by atoms with Gasteiger partial charge >= 0.3 is 5.97 Å². The molecule has 25 heavy (non-hydrogen) atoms. The van der Waals surface area contributed by atoms with Gasteiger partial charge in [0.05, 0.1) is 6.20 Å². The molecular weight excluding hydrogens is 320 g/mol. The number of hydrogen-bond donors (Lipinski definition) is 2. The summed E-state index contributed by atoms with van der Waals surface area (Å²) in [7, 11) is 3.50. The largest absolute Gasteiger partial charge is 0.480 e. The van der Waals surface area contributed by atoms with E-state index in [-0.39, 0.29) is 5.91 Å². The third-order valence-corrected chi connectivity index (χ3v) is 3.97. The number of carboxylic acid groups (broad SMARTS) is 1. The van der Waals surface area contributed by atoms with Crippen molar-refractivity contribution >= 4 is 11.9 Å². The fourth-order valence-electron chi connectivity index (χ4n) is 2.43. The van der Waals surface area contributed by atoms with Gasteiger partial charge in [0.25, 0.3) is 0 Å². The van der Waals surface area contributed by atoms with Gasteiger partial charge in [0.1, 0.15) is 6.04 Å². The van der Waals surface area contributed by atoms with E-state index < -0.39 is 12.0 Å². The molecule has 0 radical (unpaired) electrons. The van der Waals surface area contributed by atoms with Gasteiger partial charge in [-0.15, -0.1) is 0 Å². The quantitative estimate of drug-likeness (QED) is 0.753. The lowest BCUT2D eigenvalue weighted by molar-refractivity contribution is -0.138. The SMILES string of the molecule is CN(C)C(=O)CCCn1cc(-c2ccc(C[C@H](N)C(=O)O)cc2)cn1. The standard InChI is InChI=1S/C18H24N4O3/c1-21(2)17(23)4-3-9-22-12-15(11-20-22)14-7-5-13(6-8-14)10-16(19)18(24)25/h5-8,11-12,16H,3-4,9-10,19H2,1-2H3,(H,24,25)/t16-/m0/s1. The lowest BCUT2D eigenvalue weighted by atomic mass is 10.0. The highest BCUT2D eigenvalue weighted by molar-refractivity contribution is 5.75. The summed E-state index contributed by atoms with van der Waals surface area (Å²) in [4.78, 5) is 24.0. The van der Waals surface area contributed by atoms with Crippen LogP contribution in [0, 0.1) is 0 Å². The summed E-state index contributed by atoms with van der Waals surface area (Å²) in [6.07, 6.45) is 5.27. The normalized spacial score (nSPS) is 12.0. The Hall–Kier alpha value is -2.67. The van der Waals surface area contributed by atoms with E-state index in [2.05, 4.69) is 5.10 Å². The van der Waals surface area contributed by atoms with Crippen LogP contribution in [0.3, 0.4) is 0 Å². The van der Waals surface area contributed by atoms with Crippen molar-refractivity contribution in [2.24, 2.45) is 5.73 Å². The minimum atomic E-state index is -1.00. The van der Waals surface area contributed by atoms with Crippen LogP contribution in [0.2, 0.25) is 0 Å². The van der Waals surface area contributed by atoms with Crippen molar-refractivity contribution in [1.29, 1.82) is 0 Å². The van der Waals surface area contributed by atoms with E-state index in [1.807, 2.05) is 35.1 Å². The maximum Gasteiger partial charge on any atom is 0.320 e. The molecule has 2 rings (SSSR count). The maximum atomic E-state index is 11.6. The van der Waals surface area contributed by atoms with Crippen LogP contribution in [0.25, 0.3) is 11.1 Å².